The van der Waals surface area contributed by atoms with Crippen LogP contribution in [-0.4, -0.2) is 35.8 Å². The van der Waals surface area contributed by atoms with Gasteiger partial charge in [-0.3, -0.25) is 0 Å². The zero-order valence-corrected chi connectivity index (χ0v) is 22.9. The molecule has 2 aliphatic heterocycles. The Kier molecular flexibility index (Phi) is 7.35. The number of carbonyl (C=O) groups excluding carboxylic acids is 1. The molecule has 1 saturated carbocycles. The van der Waals surface area contributed by atoms with Crippen LogP contribution in [0.25, 0.3) is 0 Å². The largest absolute Gasteiger partial charge is 0.378 e. The predicted octanol–water partition coefficient (Wildman–Crippen LogP) is 6.33. The summed E-state index contributed by atoms with van der Waals surface area (Å²) in [7, 11) is 0. The van der Waals surface area contributed by atoms with Gasteiger partial charge in [-0.15, -0.1) is 0 Å². The number of nitrogens with one attached hydrogen (secondary N) is 2. The number of nitrogens with zero attached hydrogens (tertiary/aromatic N) is 1. The second-order valence-corrected chi connectivity index (χ2v) is 11.8. The van der Waals surface area contributed by atoms with Gasteiger partial charge in [0.1, 0.15) is 5.60 Å². The van der Waals surface area contributed by atoms with E-state index in [0.717, 1.165) is 35.8 Å². The second-order valence-electron chi connectivity index (χ2n) is 11.8. The van der Waals surface area contributed by atoms with Crippen molar-refractivity contribution in [2.24, 2.45) is 5.92 Å². The Morgan fingerprint density at radius 1 is 0.872 bits per heavy atom. The fourth-order valence-corrected chi connectivity index (χ4v) is 7.52. The number of anilines is 1. The molecular formula is C34H41N3O2. The van der Waals surface area contributed by atoms with Gasteiger partial charge in [-0.05, 0) is 80.5 Å². The fraction of sp³-hybridized carbons (Fsp3) is 0.441. The van der Waals surface area contributed by atoms with E-state index in [1.54, 1.807) is 5.56 Å². The van der Waals surface area contributed by atoms with Crippen molar-refractivity contribution < 1.29 is 9.90 Å². The minimum Gasteiger partial charge on any atom is -0.378 e. The summed E-state index contributed by atoms with van der Waals surface area (Å²) in [6.45, 7) is 3.08. The van der Waals surface area contributed by atoms with Gasteiger partial charge in [0.05, 0.1) is 6.04 Å². The standard InChI is InChI=1S/C34H41N3O2/c1-24(34(39,26-10-4-2-5-11-26)27-12-6-3-7-13-27)35-33(38)36-28-19-16-25(17-20-28)18-21-32-30-22-23-37(32)31-15-9-8-14-29(30)31/h2-15,24-25,28,30,32,39H,16-23H2,1H3,(H2,35,36,38)/t24-,25?,28?,30+,32?/m1/s1. The Morgan fingerprint density at radius 3 is 2.13 bits per heavy atom. The quantitative estimate of drug-likeness (QED) is 0.324. The summed E-state index contributed by atoms with van der Waals surface area (Å²) in [5.41, 5.74) is 3.23. The van der Waals surface area contributed by atoms with Crippen molar-refractivity contribution in [1.82, 2.24) is 10.6 Å². The molecule has 3 aromatic rings. The molecule has 3 N–H and O–H groups in total. The molecule has 3 atom stereocenters. The first-order valence-corrected chi connectivity index (χ1v) is 14.8. The normalized spacial score (nSPS) is 24.7. The number of amides is 2. The van der Waals surface area contributed by atoms with E-state index in [9.17, 15) is 9.90 Å². The summed E-state index contributed by atoms with van der Waals surface area (Å²) >= 11 is 0. The van der Waals surface area contributed by atoms with Crippen molar-refractivity contribution in [3.63, 3.8) is 0 Å². The fourth-order valence-electron chi connectivity index (χ4n) is 7.52. The molecule has 3 aromatic carbocycles. The molecule has 5 nitrogen and oxygen atoms in total. The first-order chi connectivity index (χ1) is 19.0. The number of benzene rings is 3. The molecule has 1 unspecified atom stereocenters. The van der Waals surface area contributed by atoms with Crippen LogP contribution in [0.4, 0.5) is 10.5 Å². The Labute approximate surface area is 232 Å². The molecule has 0 radical (unpaired) electrons. The number of hydrogen-bond acceptors (Lipinski definition) is 3. The Balaban J connectivity index is 1.00. The number of fused-ring (bicyclic) bond motifs is 5. The van der Waals surface area contributed by atoms with Crippen molar-refractivity contribution in [3.8, 4) is 0 Å². The molecule has 0 aromatic heterocycles. The number of urea groups is 1. The number of aliphatic hydroxyl groups is 1. The number of para-hydroxylation sites is 1. The zero-order chi connectivity index (χ0) is 26.8. The van der Waals surface area contributed by atoms with Crippen LogP contribution in [0, 0.1) is 5.92 Å². The van der Waals surface area contributed by atoms with Gasteiger partial charge in [0.15, 0.2) is 0 Å². The summed E-state index contributed by atoms with van der Waals surface area (Å²) in [5.74, 6) is 1.46. The minimum absolute atomic E-state index is 0.186. The molecule has 1 saturated heterocycles. The van der Waals surface area contributed by atoms with Crippen LogP contribution in [0.15, 0.2) is 84.9 Å². The molecule has 2 fully saturated rings. The molecule has 5 heteroatoms. The van der Waals surface area contributed by atoms with E-state index in [1.807, 2.05) is 67.6 Å². The number of rotatable bonds is 8. The van der Waals surface area contributed by atoms with Gasteiger partial charge in [0.25, 0.3) is 0 Å². The Hall–Kier alpha value is -3.31. The van der Waals surface area contributed by atoms with Crippen LogP contribution >= 0.6 is 0 Å². The highest BCUT2D eigenvalue weighted by atomic mass is 16.3. The van der Waals surface area contributed by atoms with Gasteiger partial charge < -0.3 is 20.6 Å². The summed E-state index contributed by atoms with van der Waals surface area (Å²) in [6, 6.07) is 28.3. The second kappa shape index (κ2) is 11.1. The molecular weight excluding hydrogens is 482 g/mol. The van der Waals surface area contributed by atoms with Crippen LogP contribution in [0.3, 0.4) is 0 Å². The van der Waals surface area contributed by atoms with Gasteiger partial charge in [0, 0.05) is 30.2 Å². The topological polar surface area (TPSA) is 64.6 Å². The average Bonchev–Trinajstić information content (AvgIpc) is 3.53. The summed E-state index contributed by atoms with van der Waals surface area (Å²) < 4.78 is 0. The SMILES string of the molecule is C[C@@H](NC(=O)NC1CCC(CCC2[C@H]3CCN2c2ccccc23)CC1)C(O)(c1ccccc1)c1ccccc1. The Bertz CT molecular complexity index is 1190. The van der Waals surface area contributed by atoms with Crippen molar-refractivity contribution in [3.05, 3.63) is 102 Å². The first kappa shape index (κ1) is 25.9. The van der Waals surface area contributed by atoms with Crippen LogP contribution in [0.5, 0.6) is 0 Å². The first-order valence-electron chi connectivity index (χ1n) is 14.8. The van der Waals surface area contributed by atoms with Crippen molar-refractivity contribution in [2.45, 2.75) is 81.5 Å². The van der Waals surface area contributed by atoms with Crippen LogP contribution in [0.1, 0.15) is 74.5 Å². The van der Waals surface area contributed by atoms with E-state index in [0.29, 0.717) is 6.04 Å². The minimum atomic E-state index is -1.33. The maximum absolute atomic E-state index is 13.1. The van der Waals surface area contributed by atoms with Gasteiger partial charge in [-0.2, -0.15) is 0 Å². The van der Waals surface area contributed by atoms with Crippen LogP contribution < -0.4 is 15.5 Å². The van der Waals surface area contributed by atoms with Gasteiger partial charge in [-0.25, -0.2) is 4.79 Å². The lowest BCUT2D eigenvalue weighted by molar-refractivity contribution is 0.0470. The van der Waals surface area contributed by atoms with E-state index < -0.39 is 11.6 Å². The highest BCUT2D eigenvalue weighted by Crippen LogP contribution is 2.49. The van der Waals surface area contributed by atoms with E-state index in [-0.39, 0.29) is 12.1 Å². The molecule has 2 bridgehead atoms. The van der Waals surface area contributed by atoms with Gasteiger partial charge in [0.2, 0.25) is 0 Å². The van der Waals surface area contributed by atoms with Crippen LogP contribution in [-0.2, 0) is 5.60 Å². The van der Waals surface area contributed by atoms with Crippen molar-refractivity contribution >= 4 is 11.7 Å². The lowest BCUT2D eigenvalue weighted by Crippen LogP contribution is -2.54. The number of hydrogen-bond donors (Lipinski definition) is 3. The third kappa shape index (κ3) is 5.05. The Morgan fingerprint density at radius 2 is 1.49 bits per heavy atom. The smallest absolute Gasteiger partial charge is 0.315 e. The molecule has 3 aliphatic rings. The summed E-state index contributed by atoms with van der Waals surface area (Å²) in [4.78, 5) is 15.7. The highest BCUT2D eigenvalue weighted by molar-refractivity contribution is 5.75. The molecule has 204 valence electrons. The monoisotopic (exact) mass is 523 g/mol. The summed E-state index contributed by atoms with van der Waals surface area (Å²) in [6.07, 6.45) is 8.24. The van der Waals surface area contributed by atoms with E-state index >= 15 is 0 Å². The van der Waals surface area contributed by atoms with Crippen molar-refractivity contribution in [2.75, 3.05) is 11.4 Å². The highest BCUT2D eigenvalue weighted by Gasteiger charge is 2.43. The van der Waals surface area contributed by atoms with Gasteiger partial charge >= 0.3 is 6.03 Å². The van der Waals surface area contributed by atoms with E-state index in [1.165, 1.54) is 44.3 Å². The molecule has 0 spiro atoms. The van der Waals surface area contributed by atoms with E-state index in [4.69, 9.17) is 0 Å². The summed E-state index contributed by atoms with van der Waals surface area (Å²) in [5, 5.41) is 18.2. The molecule has 39 heavy (non-hydrogen) atoms. The van der Waals surface area contributed by atoms with Crippen molar-refractivity contribution in [1.29, 1.82) is 0 Å². The third-order valence-electron chi connectivity index (χ3n) is 9.65. The maximum Gasteiger partial charge on any atom is 0.315 e. The molecule has 1 aliphatic carbocycles. The predicted molar refractivity (Wildman–Crippen MR) is 157 cm³/mol. The lowest BCUT2D eigenvalue weighted by atomic mass is 9.80. The molecule has 6 rings (SSSR count). The van der Waals surface area contributed by atoms with Crippen LogP contribution in [0.2, 0.25) is 0 Å². The third-order valence-corrected chi connectivity index (χ3v) is 9.65. The average molecular weight is 524 g/mol. The lowest BCUT2D eigenvalue weighted by Gasteiger charge is -2.36. The van der Waals surface area contributed by atoms with E-state index in [2.05, 4.69) is 39.8 Å². The molecule has 2 amide bonds. The number of carbonyl (C=O) groups is 1. The maximum atomic E-state index is 13.1. The van der Waals surface area contributed by atoms with Gasteiger partial charge in [-0.1, -0.05) is 78.9 Å². The zero-order valence-electron chi connectivity index (χ0n) is 22.9. The molecule has 2 heterocycles.